The molecule has 20 heavy (non-hydrogen) atoms. The fourth-order valence-electron chi connectivity index (χ4n) is 3.00. The molecule has 1 heterocycles. The molecule has 1 unspecified atom stereocenters. The lowest BCUT2D eigenvalue weighted by Gasteiger charge is -2.32. The second-order valence-corrected chi connectivity index (χ2v) is 7.05. The monoisotopic (exact) mass is 273 g/mol. The summed E-state index contributed by atoms with van der Waals surface area (Å²) >= 11 is 0. The van der Waals surface area contributed by atoms with Crippen LogP contribution >= 0.6 is 0 Å². The molecule has 1 aliphatic heterocycles. The molecule has 3 nitrogen and oxygen atoms in total. The van der Waals surface area contributed by atoms with Crippen LogP contribution in [0.25, 0.3) is 0 Å². The number of hydrogen-bond donors (Lipinski definition) is 1. The van der Waals surface area contributed by atoms with Crippen molar-refractivity contribution in [2.45, 2.75) is 64.2 Å². The van der Waals surface area contributed by atoms with Crippen molar-refractivity contribution in [3.05, 3.63) is 29.3 Å². The van der Waals surface area contributed by atoms with E-state index in [0.717, 1.165) is 18.3 Å². The summed E-state index contributed by atoms with van der Waals surface area (Å²) in [6, 6.07) is 6.66. The van der Waals surface area contributed by atoms with Gasteiger partial charge in [0.2, 0.25) is 0 Å². The fraction of sp³-hybridized carbons (Fsp3) is 0.625. The Labute approximate surface area is 122 Å². The number of aryl methyl sites for hydroxylation is 1. The summed E-state index contributed by atoms with van der Waals surface area (Å²) in [6.45, 7) is 8.34. The van der Waals surface area contributed by atoms with E-state index in [1.807, 2.05) is 0 Å². The van der Waals surface area contributed by atoms with Crippen LogP contribution in [0.1, 0.15) is 57.7 Å². The molecular weight excluding hydrogens is 249 g/mol. The summed E-state index contributed by atoms with van der Waals surface area (Å²) in [6.07, 6.45) is 3.36. The minimum atomic E-state index is -0.288. The molecule has 0 amide bonds. The van der Waals surface area contributed by atoms with Crippen LogP contribution in [0.15, 0.2) is 18.2 Å². The van der Waals surface area contributed by atoms with Crippen molar-refractivity contribution < 1.29 is 9.31 Å². The Morgan fingerprint density at radius 3 is 2.45 bits per heavy atom. The second-order valence-electron chi connectivity index (χ2n) is 7.05. The van der Waals surface area contributed by atoms with Crippen LogP contribution in [0, 0.1) is 0 Å². The zero-order valence-corrected chi connectivity index (χ0v) is 12.9. The maximum atomic E-state index is 6.17. The summed E-state index contributed by atoms with van der Waals surface area (Å²) < 4.78 is 12.2. The lowest BCUT2D eigenvalue weighted by molar-refractivity contribution is 0.00578. The standard InChI is InChI=1S/C16H24BNO2/c1-15(2)16(3,4)20-17(19-15)12-8-9-13-11(10-12)6-5-7-14(13)18/h8-10,14H,5-7,18H2,1-4H3. The second kappa shape index (κ2) is 4.59. The highest BCUT2D eigenvalue weighted by Gasteiger charge is 2.51. The first kappa shape index (κ1) is 14.1. The van der Waals surface area contributed by atoms with Gasteiger partial charge in [-0.1, -0.05) is 18.2 Å². The first-order valence-corrected chi connectivity index (χ1v) is 7.54. The summed E-state index contributed by atoms with van der Waals surface area (Å²) in [5, 5.41) is 0. The normalized spacial score (nSPS) is 27.4. The van der Waals surface area contributed by atoms with Gasteiger partial charge in [0.15, 0.2) is 0 Å². The molecule has 0 bridgehead atoms. The molecule has 1 aromatic rings. The van der Waals surface area contributed by atoms with Gasteiger partial charge in [-0.3, -0.25) is 0 Å². The van der Waals surface area contributed by atoms with Crippen LogP contribution in [0.5, 0.6) is 0 Å². The lowest BCUT2D eigenvalue weighted by atomic mass is 9.75. The van der Waals surface area contributed by atoms with Crippen LogP contribution in [0.2, 0.25) is 0 Å². The molecule has 4 heteroatoms. The fourth-order valence-corrected chi connectivity index (χ4v) is 3.00. The summed E-state index contributed by atoms with van der Waals surface area (Å²) in [5.74, 6) is 0. The van der Waals surface area contributed by atoms with Crippen molar-refractivity contribution in [1.82, 2.24) is 0 Å². The quantitative estimate of drug-likeness (QED) is 0.799. The van der Waals surface area contributed by atoms with Gasteiger partial charge in [0.25, 0.3) is 0 Å². The Morgan fingerprint density at radius 1 is 1.15 bits per heavy atom. The van der Waals surface area contributed by atoms with Crippen LogP contribution in [0.4, 0.5) is 0 Å². The third-order valence-corrected chi connectivity index (χ3v) is 5.05. The molecule has 108 valence electrons. The van der Waals surface area contributed by atoms with Crippen LogP contribution in [0.3, 0.4) is 0 Å². The van der Waals surface area contributed by atoms with Gasteiger partial charge in [0.1, 0.15) is 0 Å². The van der Waals surface area contributed by atoms with E-state index in [9.17, 15) is 0 Å². The molecule has 0 saturated carbocycles. The first-order valence-electron chi connectivity index (χ1n) is 7.54. The Bertz CT molecular complexity index is 511. The molecule has 1 atom stereocenters. The van der Waals surface area contributed by atoms with E-state index in [0.29, 0.717) is 0 Å². The molecule has 0 aromatic heterocycles. The van der Waals surface area contributed by atoms with E-state index < -0.39 is 0 Å². The van der Waals surface area contributed by atoms with Gasteiger partial charge in [0.05, 0.1) is 11.2 Å². The Kier molecular flexibility index (Phi) is 3.24. The van der Waals surface area contributed by atoms with Crippen molar-refractivity contribution in [3.8, 4) is 0 Å². The van der Waals surface area contributed by atoms with Crippen molar-refractivity contribution in [1.29, 1.82) is 0 Å². The molecule has 0 spiro atoms. The van der Waals surface area contributed by atoms with E-state index in [4.69, 9.17) is 15.0 Å². The van der Waals surface area contributed by atoms with E-state index in [-0.39, 0.29) is 24.4 Å². The highest BCUT2D eigenvalue weighted by Crippen LogP contribution is 2.37. The lowest BCUT2D eigenvalue weighted by Crippen LogP contribution is -2.41. The largest absolute Gasteiger partial charge is 0.494 e. The molecule has 1 aromatic carbocycles. The average Bonchev–Trinajstić information content (AvgIpc) is 2.58. The van der Waals surface area contributed by atoms with Crippen molar-refractivity contribution in [2.24, 2.45) is 5.73 Å². The minimum Gasteiger partial charge on any atom is -0.399 e. The Hall–Kier alpha value is -0.835. The predicted octanol–water partition coefficient (Wildman–Crippen LogP) is 2.32. The number of rotatable bonds is 1. The maximum absolute atomic E-state index is 6.17. The van der Waals surface area contributed by atoms with Gasteiger partial charge in [-0.2, -0.15) is 0 Å². The summed E-state index contributed by atoms with van der Waals surface area (Å²) in [5.41, 5.74) is 9.35. The molecule has 1 aliphatic carbocycles. The van der Waals surface area contributed by atoms with Crippen LogP contribution < -0.4 is 11.2 Å². The van der Waals surface area contributed by atoms with Crippen molar-refractivity contribution in [3.63, 3.8) is 0 Å². The summed E-state index contributed by atoms with van der Waals surface area (Å²) in [7, 11) is -0.275. The molecule has 2 aliphatic rings. The van der Waals surface area contributed by atoms with Gasteiger partial charge < -0.3 is 15.0 Å². The smallest absolute Gasteiger partial charge is 0.399 e. The zero-order chi connectivity index (χ0) is 14.5. The predicted molar refractivity (Wildman–Crippen MR) is 82.0 cm³/mol. The number of benzene rings is 1. The number of nitrogens with two attached hydrogens (primary N) is 1. The first-order chi connectivity index (χ1) is 9.30. The third-order valence-electron chi connectivity index (χ3n) is 5.05. The van der Waals surface area contributed by atoms with Crippen molar-refractivity contribution in [2.75, 3.05) is 0 Å². The molecule has 0 radical (unpaired) electrons. The molecular formula is C16H24BNO2. The van der Waals surface area contributed by atoms with Gasteiger partial charge in [0, 0.05) is 6.04 Å². The topological polar surface area (TPSA) is 44.5 Å². The minimum absolute atomic E-state index is 0.186. The SMILES string of the molecule is CC1(C)OB(c2ccc3c(c2)CCCC3N)OC1(C)C. The van der Waals surface area contributed by atoms with E-state index in [2.05, 4.69) is 45.9 Å². The van der Waals surface area contributed by atoms with Crippen LogP contribution in [-0.2, 0) is 15.7 Å². The molecule has 3 rings (SSSR count). The Balaban J connectivity index is 1.90. The van der Waals surface area contributed by atoms with Crippen LogP contribution in [-0.4, -0.2) is 18.3 Å². The average molecular weight is 273 g/mol. The number of fused-ring (bicyclic) bond motifs is 1. The van der Waals surface area contributed by atoms with E-state index >= 15 is 0 Å². The van der Waals surface area contributed by atoms with E-state index in [1.54, 1.807) is 0 Å². The molecule has 1 fully saturated rings. The zero-order valence-electron chi connectivity index (χ0n) is 12.9. The van der Waals surface area contributed by atoms with Gasteiger partial charge in [-0.05, 0) is 63.5 Å². The maximum Gasteiger partial charge on any atom is 0.494 e. The molecule has 1 saturated heterocycles. The van der Waals surface area contributed by atoms with Crippen molar-refractivity contribution >= 4 is 12.6 Å². The van der Waals surface area contributed by atoms with Gasteiger partial charge in [-0.15, -0.1) is 0 Å². The van der Waals surface area contributed by atoms with Gasteiger partial charge in [-0.25, -0.2) is 0 Å². The summed E-state index contributed by atoms with van der Waals surface area (Å²) in [4.78, 5) is 0. The third kappa shape index (κ3) is 2.20. The van der Waals surface area contributed by atoms with Gasteiger partial charge >= 0.3 is 7.12 Å². The highest BCUT2D eigenvalue weighted by molar-refractivity contribution is 6.62. The molecule has 2 N–H and O–H groups in total. The number of hydrogen-bond acceptors (Lipinski definition) is 3. The van der Waals surface area contributed by atoms with E-state index in [1.165, 1.54) is 17.5 Å². The Morgan fingerprint density at radius 2 is 1.80 bits per heavy atom. The highest BCUT2D eigenvalue weighted by atomic mass is 16.7.